The average molecular weight is 270 g/mol. The van der Waals surface area contributed by atoms with E-state index in [1.807, 2.05) is 19.1 Å². The summed E-state index contributed by atoms with van der Waals surface area (Å²) in [5, 5.41) is 0. The maximum Gasteiger partial charge on any atom is 0.234 e. The molecule has 1 aliphatic heterocycles. The summed E-state index contributed by atoms with van der Waals surface area (Å²) >= 11 is 0. The summed E-state index contributed by atoms with van der Waals surface area (Å²) in [6.45, 7) is 4.24. The summed E-state index contributed by atoms with van der Waals surface area (Å²) in [5.74, 6) is 1.42. The van der Waals surface area contributed by atoms with Crippen molar-refractivity contribution in [2.45, 2.75) is 19.9 Å². The van der Waals surface area contributed by atoms with E-state index in [2.05, 4.69) is 20.9 Å². The van der Waals surface area contributed by atoms with E-state index in [0.29, 0.717) is 12.5 Å². The molecule has 3 rings (SSSR count). The molecule has 20 heavy (non-hydrogen) atoms. The first-order valence-corrected chi connectivity index (χ1v) is 6.84. The molecule has 104 valence electrons. The number of anilines is 2. The van der Waals surface area contributed by atoms with Gasteiger partial charge in [0, 0.05) is 18.8 Å². The number of ether oxygens (including phenoxy) is 1. The molecule has 0 amide bonds. The second-order valence-electron chi connectivity index (χ2n) is 4.80. The fourth-order valence-electron chi connectivity index (χ4n) is 2.54. The van der Waals surface area contributed by atoms with E-state index in [1.165, 1.54) is 11.1 Å². The van der Waals surface area contributed by atoms with Crippen LogP contribution < -0.4 is 15.4 Å². The van der Waals surface area contributed by atoms with Gasteiger partial charge in [0.2, 0.25) is 5.88 Å². The highest BCUT2D eigenvalue weighted by molar-refractivity contribution is 5.54. The minimum absolute atomic E-state index is 0.573. The zero-order valence-electron chi connectivity index (χ0n) is 11.5. The first-order valence-electron chi connectivity index (χ1n) is 6.84. The Bertz CT molecular complexity index is 615. The van der Waals surface area contributed by atoms with Gasteiger partial charge in [-0.25, -0.2) is 0 Å². The van der Waals surface area contributed by atoms with E-state index in [-0.39, 0.29) is 0 Å². The standard InChI is InChI=1S/C15H18N4O/c1-2-20-15-9-17-8-14(18-15)19-7-6-12-11(10-19)4-3-5-13(12)16/h3-5,8-9H,2,6-7,10,16H2,1H3. The largest absolute Gasteiger partial charge is 0.477 e. The minimum Gasteiger partial charge on any atom is -0.477 e. The highest BCUT2D eigenvalue weighted by atomic mass is 16.5. The van der Waals surface area contributed by atoms with Crippen molar-refractivity contribution in [2.75, 3.05) is 23.8 Å². The van der Waals surface area contributed by atoms with Crippen molar-refractivity contribution in [1.29, 1.82) is 0 Å². The number of nitrogens with two attached hydrogens (primary N) is 1. The van der Waals surface area contributed by atoms with Crippen molar-refractivity contribution >= 4 is 11.5 Å². The van der Waals surface area contributed by atoms with Crippen LogP contribution in [0.5, 0.6) is 5.88 Å². The van der Waals surface area contributed by atoms with Crippen molar-refractivity contribution in [2.24, 2.45) is 0 Å². The van der Waals surface area contributed by atoms with Gasteiger partial charge in [0.25, 0.3) is 0 Å². The van der Waals surface area contributed by atoms with Crippen LogP contribution in [-0.4, -0.2) is 23.1 Å². The summed E-state index contributed by atoms with van der Waals surface area (Å²) in [6.07, 6.45) is 4.35. The maximum absolute atomic E-state index is 6.02. The Kier molecular flexibility index (Phi) is 3.41. The summed E-state index contributed by atoms with van der Waals surface area (Å²) < 4.78 is 5.41. The third-order valence-electron chi connectivity index (χ3n) is 3.52. The molecule has 0 unspecified atom stereocenters. The number of nitrogen functional groups attached to an aromatic ring is 1. The average Bonchev–Trinajstić information content (AvgIpc) is 2.48. The third kappa shape index (κ3) is 2.39. The summed E-state index contributed by atoms with van der Waals surface area (Å²) in [6, 6.07) is 6.08. The van der Waals surface area contributed by atoms with Gasteiger partial charge in [0.15, 0.2) is 5.82 Å². The Hall–Kier alpha value is -2.30. The predicted molar refractivity (Wildman–Crippen MR) is 78.8 cm³/mol. The van der Waals surface area contributed by atoms with Gasteiger partial charge in [0.1, 0.15) is 0 Å². The normalized spacial score (nSPS) is 13.9. The van der Waals surface area contributed by atoms with Gasteiger partial charge in [-0.15, -0.1) is 0 Å². The van der Waals surface area contributed by atoms with E-state index in [0.717, 1.165) is 31.0 Å². The molecule has 0 saturated carbocycles. The number of benzene rings is 1. The molecule has 2 heterocycles. The number of rotatable bonds is 3. The van der Waals surface area contributed by atoms with Crippen molar-refractivity contribution in [1.82, 2.24) is 9.97 Å². The molecule has 2 N–H and O–H groups in total. The minimum atomic E-state index is 0.573. The lowest BCUT2D eigenvalue weighted by molar-refractivity contribution is 0.325. The van der Waals surface area contributed by atoms with E-state index < -0.39 is 0 Å². The van der Waals surface area contributed by atoms with Crippen LogP contribution in [0.2, 0.25) is 0 Å². The van der Waals surface area contributed by atoms with Crippen LogP contribution in [0.25, 0.3) is 0 Å². The van der Waals surface area contributed by atoms with Crippen LogP contribution in [0, 0.1) is 0 Å². The van der Waals surface area contributed by atoms with Crippen LogP contribution >= 0.6 is 0 Å². The molecular formula is C15H18N4O. The number of hydrogen-bond acceptors (Lipinski definition) is 5. The van der Waals surface area contributed by atoms with Gasteiger partial charge in [-0.3, -0.25) is 4.98 Å². The topological polar surface area (TPSA) is 64.3 Å². The molecule has 0 radical (unpaired) electrons. The summed E-state index contributed by atoms with van der Waals surface area (Å²) in [7, 11) is 0. The molecule has 0 saturated heterocycles. The van der Waals surface area contributed by atoms with E-state index in [9.17, 15) is 0 Å². The van der Waals surface area contributed by atoms with Crippen LogP contribution in [0.1, 0.15) is 18.1 Å². The van der Waals surface area contributed by atoms with E-state index >= 15 is 0 Å². The third-order valence-corrected chi connectivity index (χ3v) is 3.52. The molecule has 0 aliphatic carbocycles. The van der Waals surface area contributed by atoms with Gasteiger partial charge in [-0.1, -0.05) is 12.1 Å². The fraction of sp³-hybridized carbons (Fsp3) is 0.333. The zero-order chi connectivity index (χ0) is 13.9. The Morgan fingerprint density at radius 1 is 1.35 bits per heavy atom. The van der Waals surface area contributed by atoms with Crippen LogP contribution in [0.15, 0.2) is 30.6 Å². The monoisotopic (exact) mass is 270 g/mol. The lowest BCUT2D eigenvalue weighted by Gasteiger charge is -2.30. The van der Waals surface area contributed by atoms with Gasteiger partial charge in [-0.05, 0) is 30.5 Å². The highest BCUT2D eigenvalue weighted by Crippen LogP contribution is 2.27. The predicted octanol–water partition coefficient (Wildman–Crippen LogP) is 2.02. The summed E-state index contributed by atoms with van der Waals surface area (Å²) in [4.78, 5) is 10.9. The van der Waals surface area contributed by atoms with Gasteiger partial charge in [-0.2, -0.15) is 4.98 Å². The zero-order valence-corrected chi connectivity index (χ0v) is 11.5. The first-order chi connectivity index (χ1) is 9.78. The second-order valence-corrected chi connectivity index (χ2v) is 4.80. The van der Waals surface area contributed by atoms with Crippen LogP contribution in [0.3, 0.4) is 0 Å². The van der Waals surface area contributed by atoms with Gasteiger partial charge < -0.3 is 15.4 Å². The van der Waals surface area contributed by atoms with Crippen molar-refractivity contribution < 1.29 is 4.74 Å². The number of fused-ring (bicyclic) bond motifs is 1. The number of aromatic nitrogens is 2. The lowest BCUT2D eigenvalue weighted by Crippen LogP contribution is -2.31. The van der Waals surface area contributed by atoms with E-state index in [1.54, 1.807) is 12.4 Å². The molecule has 0 fully saturated rings. The molecule has 2 aromatic rings. The molecular weight excluding hydrogens is 252 g/mol. The smallest absolute Gasteiger partial charge is 0.234 e. The Morgan fingerprint density at radius 3 is 3.10 bits per heavy atom. The van der Waals surface area contributed by atoms with Crippen LogP contribution in [0.4, 0.5) is 11.5 Å². The lowest BCUT2D eigenvalue weighted by atomic mass is 9.98. The molecule has 1 aliphatic rings. The van der Waals surface area contributed by atoms with Crippen molar-refractivity contribution in [3.63, 3.8) is 0 Å². The Morgan fingerprint density at radius 2 is 2.25 bits per heavy atom. The first kappa shape index (κ1) is 12.7. The second kappa shape index (κ2) is 5.36. The molecule has 0 bridgehead atoms. The molecule has 1 aromatic carbocycles. The molecule has 1 aromatic heterocycles. The maximum atomic E-state index is 6.02. The van der Waals surface area contributed by atoms with Crippen molar-refractivity contribution in [3.8, 4) is 5.88 Å². The van der Waals surface area contributed by atoms with Gasteiger partial charge in [0.05, 0.1) is 19.0 Å². The fourth-order valence-corrected chi connectivity index (χ4v) is 2.54. The quantitative estimate of drug-likeness (QED) is 0.864. The van der Waals surface area contributed by atoms with Gasteiger partial charge >= 0.3 is 0 Å². The summed E-state index contributed by atoms with van der Waals surface area (Å²) in [5.41, 5.74) is 9.43. The number of hydrogen-bond donors (Lipinski definition) is 1. The van der Waals surface area contributed by atoms with Crippen LogP contribution in [-0.2, 0) is 13.0 Å². The van der Waals surface area contributed by atoms with Crippen molar-refractivity contribution in [3.05, 3.63) is 41.7 Å². The Labute approximate surface area is 118 Å². The Balaban J connectivity index is 1.85. The molecule has 0 spiro atoms. The SMILES string of the molecule is CCOc1cncc(N2CCc3c(N)cccc3C2)n1. The number of nitrogens with zero attached hydrogens (tertiary/aromatic N) is 3. The molecule has 5 heteroatoms. The molecule has 5 nitrogen and oxygen atoms in total. The van der Waals surface area contributed by atoms with E-state index in [4.69, 9.17) is 10.5 Å². The highest BCUT2D eigenvalue weighted by Gasteiger charge is 2.19. The molecule has 0 atom stereocenters.